The Labute approximate surface area is 190 Å². The molecule has 0 spiro atoms. The summed E-state index contributed by atoms with van der Waals surface area (Å²) in [5.74, 6) is 0. The molecule has 3 nitrogen and oxygen atoms in total. The highest BCUT2D eigenvalue weighted by atomic mass is 79.9. The second-order valence-corrected chi connectivity index (χ2v) is 8.53. The van der Waals surface area contributed by atoms with Crippen molar-refractivity contribution in [3.8, 4) is 0 Å². The number of hydrogen-bond acceptors (Lipinski definition) is 3. The molecule has 1 atom stereocenters. The lowest BCUT2D eigenvalue weighted by molar-refractivity contribution is 0.971. The molecule has 4 aromatic rings. The lowest BCUT2D eigenvalue weighted by Gasteiger charge is -2.28. The Kier molecular flexibility index (Phi) is 5.31. The zero-order chi connectivity index (χ0) is 21.2. The SMILES string of the molecule is Cc1ccccc1N(c1ccc(C2=CNC(Br)C=N2)cc1)c1cccc2ccccc12. The fourth-order valence-electron chi connectivity index (χ4n) is 3.95. The molecular weight excluding hydrogens is 446 g/mol. The van der Waals surface area contributed by atoms with Crippen molar-refractivity contribution in [3.05, 3.63) is 108 Å². The molecule has 4 aromatic carbocycles. The molecule has 0 bridgehead atoms. The largest absolute Gasteiger partial charge is 0.372 e. The van der Waals surface area contributed by atoms with E-state index in [1.54, 1.807) is 0 Å². The van der Waals surface area contributed by atoms with Gasteiger partial charge in [0.05, 0.1) is 11.4 Å². The Morgan fingerprint density at radius 3 is 2.29 bits per heavy atom. The van der Waals surface area contributed by atoms with Crippen LogP contribution in [0.3, 0.4) is 0 Å². The second kappa shape index (κ2) is 8.40. The van der Waals surface area contributed by atoms with Gasteiger partial charge in [-0.2, -0.15) is 0 Å². The highest BCUT2D eigenvalue weighted by molar-refractivity contribution is 9.09. The first kappa shape index (κ1) is 19.6. The zero-order valence-electron chi connectivity index (χ0n) is 17.2. The summed E-state index contributed by atoms with van der Waals surface area (Å²) in [7, 11) is 0. The van der Waals surface area contributed by atoms with Crippen molar-refractivity contribution in [2.75, 3.05) is 4.90 Å². The molecule has 0 aliphatic carbocycles. The van der Waals surface area contributed by atoms with Crippen LogP contribution in [0.4, 0.5) is 17.1 Å². The van der Waals surface area contributed by atoms with Crippen LogP contribution in [-0.4, -0.2) is 11.2 Å². The summed E-state index contributed by atoms with van der Waals surface area (Å²) < 4.78 is 0. The Hall–Kier alpha value is -3.37. The number of halogens is 1. The van der Waals surface area contributed by atoms with Crippen molar-refractivity contribution in [2.24, 2.45) is 4.99 Å². The number of anilines is 3. The van der Waals surface area contributed by atoms with Gasteiger partial charge in [0.2, 0.25) is 0 Å². The molecule has 1 N–H and O–H groups in total. The van der Waals surface area contributed by atoms with Crippen LogP contribution in [0, 0.1) is 6.92 Å². The number of benzene rings is 4. The lowest BCUT2D eigenvalue weighted by atomic mass is 10.0. The molecule has 0 saturated carbocycles. The quantitative estimate of drug-likeness (QED) is 0.251. The average Bonchev–Trinajstić information content (AvgIpc) is 2.82. The summed E-state index contributed by atoms with van der Waals surface area (Å²) in [5, 5.41) is 5.70. The molecule has 1 unspecified atom stereocenters. The van der Waals surface area contributed by atoms with Crippen LogP contribution < -0.4 is 10.2 Å². The Morgan fingerprint density at radius 2 is 1.52 bits per heavy atom. The number of hydrogen-bond donors (Lipinski definition) is 1. The van der Waals surface area contributed by atoms with E-state index in [0.29, 0.717) is 0 Å². The van der Waals surface area contributed by atoms with E-state index in [4.69, 9.17) is 0 Å². The maximum absolute atomic E-state index is 4.54. The van der Waals surface area contributed by atoms with Crippen LogP contribution in [0.25, 0.3) is 16.5 Å². The molecule has 4 heteroatoms. The van der Waals surface area contributed by atoms with Crippen LogP contribution in [0.15, 0.2) is 102 Å². The molecule has 5 rings (SSSR count). The summed E-state index contributed by atoms with van der Waals surface area (Å²) in [6.45, 7) is 2.16. The van der Waals surface area contributed by atoms with Crippen molar-refractivity contribution in [1.82, 2.24) is 5.32 Å². The Bertz CT molecular complexity index is 1290. The predicted octanol–water partition coefficient (Wildman–Crippen LogP) is 7.31. The first-order valence-corrected chi connectivity index (χ1v) is 11.2. The molecule has 1 aliphatic rings. The number of rotatable bonds is 4. The molecular formula is C27H22BrN3. The molecule has 1 aliphatic heterocycles. The van der Waals surface area contributed by atoms with Gasteiger partial charge in [0, 0.05) is 34.7 Å². The summed E-state index contributed by atoms with van der Waals surface area (Å²) in [6, 6.07) is 32.1. The van der Waals surface area contributed by atoms with Gasteiger partial charge in [-0.25, -0.2) is 0 Å². The number of alkyl halides is 1. The number of para-hydroxylation sites is 1. The van der Waals surface area contributed by atoms with E-state index in [1.807, 2.05) is 12.4 Å². The monoisotopic (exact) mass is 467 g/mol. The van der Waals surface area contributed by atoms with Gasteiger partial charge in [-0.15, -0.1) is 0 Å². The Morgan fingerprint density at radius 1 is 0.806 bits per heavy atom. The highest BCUT2D eigenvalue weighted by Gasteiger charge is 2.17. The lowest BCUT2D eigenvalue weighted by Crippen LogP contribution is -2.21. The number of nitrogens with zero attached hydrogens (tertiary/aromatic N) is 2. The predicted molar refractivity (Wildman–Crippen MR) is 136 cm³/mol. The minimum atomic E-state index is 0.0819. The molecule has 152 valence electrons. The first-order chi connectivity index (χ1) is 15.2. The molecule has 1 heterocycles. The van der Waals surface area contributed by atoms with Crippen molar-refractivity contribution in [2.45, 2.75) is 11.9 Å². The standard InChI is InChI=1S/C27H22BrN3/c1-19-7-2-5-11-25(19)31(26-12-6-9-20-8-3-4-10-23(20)26)22-15-13-21(14-16-22)24-17-30-27(28)18-29-24/h2-18,27,30H,1H3. The number of aliphatic imine (C=N–C) groups is 1. The molecule has 0 fully saturated rings. The van der Waals surface area contributed by atoms with E-state index in [9.17, 15) is 0 Å². The minimum absolute atomic E-state index is 0.0819. The molecule has 0 radical (unpaired) electrons. The zero-order valence-corrected chi connectivity index (χ0v) is 18.8. The van der Waals surface area contributed by atoms with Crippen molar-refractivity contribution < 1.29 is 0 Å². The van der Waals surface area contributed by atoms with Gasteiger partial charge in [0.25, 0.3) is 0 Å². The number of aryl methyl sites for hydroxylation is 1. The van der Waals surface area contributed by atoms with Gasteiger partial charge in [-0.1, -0.05) is 82.7 Å². The van der Waals surface area contributed by atoms with Crippen LogP contribution in [0.1, 0.15) is 11.1 Å². The van der Waals surface area contributed by atoms with Crippen molar-refractivity contribution in [1.29, 1.82) is 0 Å². The van der Waals surface area contributed by atoms with Gasteiger partial charge in [-0.3, -0.25) is 4.99 Å². The maximum atomic E-state index is 4.54. The maximum Gasteiger partial charge on any atom is 0.117 e. The van der Waals surface area contributed by atoms with E-state index >= 15 is 0 Å². The van der Waals surface area contributed by atoms with Gasteiger partial charge in [0.15, 0.2) is 0 Å². The van der Waals surface area contributed by atoms with Crippen LogP contribution in [0.5, 0.6) is 0 Å². The van der Waals surface area contributed by atoms with Crippen LogP contribution in [-0.2, 0) is 0 Å². The summed E-state index contributed by atoms with van der Waals surface area (Å²) in [5.41, 5.74) is 6.68. The van der Waals surface area contributed by atoms with Gasteiger partial charge >= 0.3 is 0 Å². The van der Waals surface area contributed by atoms with E-state index < -0.39 is 0 Å². The third kappa shape index (κ3) is 3.87. The van der Waals surface area contributed by atoms with E-state index in [-0.39, 0.29) is 4.95 Å². The minimum Gasteiger partial charge on any atom is -0.372 e. The second-order valence-electron chi connectivity index (χ2n) is 7.54. The molecule has 0 amide bonds. The first-order valence-electron chi connectivity index (χ1n) is 10.3. The highest BCUT2D eigenvalue weighted by Crippen LogP contribution is 2.40. The third-order valence-corrected chi connectivity index (χ3v) is 6.01. The average molecular weight is 468 g/mol. The van der Waals surface area contributed by atoms with Crippen LogP contribution >= 0.6 is 15.9 Å². The molecule has 0 aromatic heterocycles. The van der Waals surface area contributed by atoms with Crippen molar-refractivity contribution >= 4 is 55.7 Å². The summed E-state index contributed by atoms with van der Waals surface area (Å²) in [4.78, 5) is 6.96. The number of fused-ring (bicyclic) bond motifs is 1. The summed E-state index contributed by atoms with van der Waals surface area (Å²) >= 11 is 3.49. The van der Waals surface area contributed by atoms with Gasteiger partial charge in [0.1, 0.15) is 4.95 Å². The van der Waals surface area contributed by atoms with Crippen LogP contribution in [0.2, 0.25) is 0 Å². The smallest absolute Gasteiger partial charge is 0.117 e. The number of nitrogens with one attached hydrogen (secondary N) is 1. The Balaban J connectivity index is 1.63. The fourth-order valence-corrected chi connectivity index (χ4v) is 4.20. The van der Waals surface area contributed by atoms with E-state index in [1.165, 1.54) is 27.7 Å². The van der Waals surface area contributed by atoms with E-state index in [2.05, 4.69) is 129 Å². The topological polar surface area (TPSA) is 27.6 Å². The molecule has 0 saturated heterocycles. The van der Waals surface area contributed by atoms with Gasteiger partial charge in [-0.05, 0) is 42.1 Å². The van der Waals surface area contributed by atoms with Gasteiger partial charge < -0.3 is 10.2 Å². The molecule has 31 heavy (non-hydrogen) atoms. The third-order valence-electron chi connectivity index (χ3n) is 5.51. The summed E-state index contributed by atoms with van der Waals surface area (Å²) in [6.07, 6.45) is 3.80. The van der Waals surface area contributed by atoms with E-state index in [0.717, 1.165) is 16.9 Å². The fraction of sp³-hybridized carbons (Fsp3) is 0.0741. The van der Waals surface area contributed by atoms with Crippen molar-refractivity contribution in [3.63, 3.8) is 0 Å². The normalized spacial score (nSPS) is 15.4.